The van der Waals surface area contributed by atoms with Crippen LogP contribution in [0.1, 0.15) is 23.3 Å². The number of oxazole rings is 1. The van der Waals surface area contributed by atoms with Crippen LogP contribution in [0.3, 0.4) is 0 Å². The van der Waals surface area contributed by atoms with Gasteiger partial charge in [0, 0.05) is 0 Å². The van der Waals surface area contributed by atoms with E-state index in [1.807, 2.05) is 30.3 Å². The molecular weight excluding hydrogens is 270 g/mol. The van der Waals surface area contributed by atoms with Gasteiger partial charge in [0.05, 0.1) is 12.7 Å². The molecule has 1 aliphatic heterocycles. The van der Waals surface area contributed by atoms with Crippen LogP contribution in [0.4, 0.5) is 0 Å². The average molecular weight is 285 g/mol. The summed E-state index contributed by atoms with van der Waals surface area (Å²) >= 11 is 0. The molecule has 0 radical (unpaired) electrons. The molecule has 1 fully saturated rings. The molecule has 0 spiro atoms. The van der Waals surface area contributed by atoms with Gasteiger partial charge in [0.25, 0.3) is 5.91 Å². The highest BCUT2D eigenvalue weighted by Gasteiger charge is 2.34. The molecule has 2 heterocycles. The number of nitrogens with zero attached hydrogens (tertiary/aromatic N) is 2. The number of hydrogen-bond acceptors (Lipinski definition) is 4. The average Bonchev–Trinajstić information content (AvgIpc) is 2.89. The van der Waals surface area contributed by atoms with E-state index in [2.05, 4.69) is 10.3 Å². The summed E-state index contributed by atoms with van der Waals surface area (Å²) in [5.41, 5.74) is 0.768. The molecule has 1 aromatic carbocycles. The summed E-state index contributed by atoms with van der Waals surface area (Å²) in [6.45, 7) is 2.00. The molecule has 0 saturated carbocycles. The fourth-order valence-corrected chi connectivity index (χ4v) is 2.35. The molecule has 0 aliphatic carbocycles. The maximum Gasteiger partial charge on any atom is 0.250 e. The molecule has 1 saturated heterocycles. The Balaban J connectivity index is 1.81. The van der Waals surface area contributed by atoms with Gasteiger partial charge in [0.15, 0.2) is 0 Å². The molecular formula is C15H15N3O3. The van der Waals surface area contributed by atoms with Gasteiger partial charge in [-0.05, 0) is 12.5 Å². The second kappa shape index (κ2) is 5.40. The van der Waals surface area contributed by atoms with Crippen LogP contribution in [0.5, 0.6) is 0 Å². The first kappa shape index (κ1) is 13.4. The van der Waals surface area contributed by atoms with Gasteiger partial charge in [-0.1, -0.05) is 30.3 Å². The molecule has 6 nitrogen and oxygen atoms in total. The van der Waals surface area contributed by atoms with Crippen LogP contribution in [-0.2, 0) is 16.1 Å². The van der Waals surface area contributed by atoms with Crippen LogP contribution < -0.4 is 5.32 Å². The summed E-state index contributed by atoms with van der Waals surface area (Å²) in [5.74, 6) is 0.768. The van der Waals surface area contributed by atoms with Crippen molar-refractivity contribution in [1.82, 2.24) is 15.2 Å². The van der Waals surface area contributed by atoms with Crippen molar-refractivity contribution in [3.63, 3.8) is 0 Å². The Hall–Kier alpha value is -2.63. The smallest absolute Gasteiger partial charge is 0.250 e. The Morgan fingerprint density at radius 3 is 2.76 bits per heavy atom. The Kier molecular flexibility index (Phi) is 3.43. The maximum atomic E-state index is 12.5. The van der Waals surface area contributed by atoms with Gasteiger partial charge in [0.2, 0.25) is 11.8 Å². The Morgan fingerprint density at radius 1 is 1.33 bits per heavy atom. The van der Waals surface area contributed by atoms with E-state index in [9.17, 15) is 9.59 Å². The lowest BCUT2D eigenvalue weighted by atomic mass is 10.0. The third-order valence-corrected chi connectivity index (χ3v) is 3.33. The first-order valence-electron chi connectivity index (χ1n) is 6.68. The molecule has 1 aromatic heterocycles. The highest BCUT2D eigenvalue weighted by Crippen LogP contribution is 2.20. The van der Waals surface area contributed by atoms with E-state index >= 15 is 0 Å². The highest BCUT2D eigenvalue weighted by molar-refractivity contribution is 5.95. The number of nitrogens with one attached hydrogen (secondary N) is 1. The van der Waals surface area contributed by atoms with Crippen molar-refractivity contribution in [3.05, 3.63) is 53.7 Å². The van der Waals surface area contributed by atoms with E-state index in [1.165, 1.54) is 4.90 Å². The van der Waals surface area contributed by atoms with Crippen molar-refractivity contribution >= 4 is 11.8 Å². The van der Waals surface area contributed by atoms with Crippen molar-refractivity contribution in [2.45, 2.75) is 19.5 Å². The quantitative estimate of drug-likeness (QED) is 0.919. The van der Waals surface area contributed by atoms with Crippen molar-refractivity contribution in [2.24, 2.45) is 0 Å². The number of amides is 2. The standard InChI is InChI=1S/C15H15N3O3/c1-10-7-16-13(21-10)9-18-8-12(19)17-14(15(18)20)11-5-3-2-4-6-11/h2-7,14H,8-9H2,1H3,(H,17,19). The van der Waals surface area contributed by atoms with Gasteiger partial charge in [-0.3, -0.25) is 9.59 Å². The summed E-state index contributed by atoms with van der Waals surface area (Å²) in [4.78, 5) is 29.9. The van der Waals surface area contributed by atoms with Gasteiger partial charge >= 0.3 is 0 Å². The van der Waals surface area contributed by atoms with Crippen LogP contribution in [-0.4, -0.2) is 28.2 Å². The Labute approximate surface area is 121 Å². The predicted molar refractivity (Wildman–Crippen MR) is 74.0 cm³/mol. The topological polar surface area (TPSA) is 75.4 Å². The normalized spacial score (nSPS) is 18.7. The first-order chi connectivity index (χ1) is 10.1. The van der Waals surface area contributed by atoms with Gasteiger partial charge in [-0.15, -0.1) is 0 Å². The SMILES string of the molecule is Cc1cnc(CN2CC(=O)NC(c3ccccc3)C2=O)o1. The number of carbonyl (C=O) groups excluding carboxylic acids is 2. The monoisotopic (exact) mass is 285 g/mol. The lowest BCUT2D eigenvalue weighted by Crippen LogP contribution is -2.52. The fourth-order valence-electron chi connectivity index (χ4n) is 2.35. The van der Waals surface area contributed by atoms with E-state index in [1.54, 1.807) is 13.1 Å². The van der Waals surface area contributed by atoms with Crippen LogP contribution in [0.25, 0.3) is 0 Å². The molecule has 1 atom stereocenters. The molecule has 1 aliphatic rings. The molecule has 6 heteroatoms. The number of carbonyl (C=O) groups is 2. The van der Waals surface area contributed by atoms with Gasteiger partial charge in [-0.2, -0.15) is 0 Å². The maximum absolute atomic E-state index is 12.5. The Morgan fingerprint density at radius 2 is 2.10 bits per heavy atom. The zero-order chi connectivity index (χ0) is 14.8. The predicted octanol–water partition coefficient (Wildman–Crippen LogP) is 1.18. The van der Waals surface area contributed by atoms with Crippen molar-refractivity contribution < 1.29 is 14.0 Å². The van der Waals surface area contributed by atoms with E-state index in [0.717, 1.165) is 5.56 Å². The number of aromatic nitrogens is 1. The third-order valence-electron chi connectivity index (χ3n) is 3.33. The van der Waals surface area contributed by atoms with Crippen LogP contribution >= 0.6 is 0 Å². The molecule has 0 bridgehead atoms. The van der Waals surface area contributed by atoms with Crippen LogP contribution in [0, 0.1) is 6.92 Å². The summed E-state index contributed by atoms with van der Waals surface area (Å²) in [6.07, 6.45) is 1.60. The molecule has 1 N–H and O–H groups in total. The molecule has 3 rings (SSSR count). The van der Waals surface area contributed by atoms with Crippen molar-refractivity contribution in [3.8, 4) is 0 Å². The van der Waals surface area contributed by atoms with E-state index in [4.69, 9.17) is 4.42 Å². The van der Waals surface area contributed by atoms with Gasteiger partial charge in [-0.25, -0.2) is 4.98 Å². The fraction of sp³-hybridized carbons (Fsp3) is 0.267. The lowest BCUT2D eigenvalue weighted by molar-refractivity contribution is -0.145. The third kappa shape index (κ3) is 2.79. The number of rotatable bonds is 3. The first-order valence-corrected chi connectivity index (χ1v) is 6.68. The zero-order valence-electron chi connectivity index (χ0n) is 11.6. The number of benzene rings is 1. The minimum Gasteiger partial charge on any atom is -0.444 e. The summed E-state index contributed by atoms with van der Waals surface area (Å²) in [7, 11) is 0. The van der Waals surface area contributed by atoms with E-state index in [-0.39, 0.29) is 24.9 Å². The van der Waals surface area contributed by atoms with Gasteiger partial charge < -0.3 is 14.6 Å². The van der Waals surface area contributed by atoms with E-state index < -0.39 is 6.04 Å². The lowest BCUT2D eigenvalue weighted by Gasteiger charge is -2.31. The van der Waals surface area contributed by atoms with Crippen molar-refractivity contribution in [1.29, 1.82) is 0 Å². The van der Waals surface area contributed by atoms with Crippen LogP contribution in [0.15, 0.2) is 40.9 Å². The van der Waals surface area contributed by atoms with Crippen LogP contribution in [0.2, 0.25) is 0 Å². The Bertz CT molecular complexity index is 666. The summed E-state index contributed by atoms with van der Waals surface area (Å²) < 4.78 is 5.37. The number of hydrogen-bond donors (Lipinski definition) is 1. The van der Waals surface area contributed by atoms with Crippen molar-refractivity contribution in [2.75, 3.05) is 6.54 Å². The molecule has 2 aromatic rings. The van der Waals surface area contributed by atoms with Gasteiger partial charge in [0.1, 0.15) is 18.3 Å². The summed E-state index contributed by atoms with van der Waals surface area (Å²) in [6, 6.07) is 8.54. The highest BCUT2D eigenvalue weighted by atomic mass is 16.4. The van der Waals surface area contributed by atoms with E-state index in [0.29, 0.717) is 11.7 Å². The molecule has 108 valence electrons. The zero-order valence-corrected chi connectivity index (χ0v) is 11.6. The second-order valence-corrected chi connectivity index (χ2v) is 4.97. The minimum atomic E-state index is -0.650. The number of piperazine rings is 1. The molecule has 2 amide bonds. The minimum absolute atomic E-state index is 0.0175. The molecule has 1 unspecified atom stereocenters. The number of aryl methyl sites for hydroxylation is 1. The second-order valence-electron chi connectivity index (χ2n) is 4.97. The largest absolute Gasteiger partial charge is 0.444 e. The molecule has 21 heavy (non-hydrogen) atoms. The summed E-state index contributed by atoms with van der Waals surface area (Å²) in [5, 5.41) is 2.72.